The maximum Gasteiger partial charge on any atom is 0.0856 e. The van der Waals surface area contributed by atoms with Crippen molar-refractivity contribution in [3.8, 4) is 0 Å². The summed E-state index contributed by atoms with van der Waals surface area (Å²) in [6, 6.07) is 0. The molecule has 0 amide bonds. The van der Waals surface area contributed by atoms with Crippen molar-refractivity contribution in [2.75, 3.05) is 6.26 Å². The van der Waals surface area contributed by atoms with Gasteiger partial charge in [0.1, 0.15) is 0 Å². The van der Waals surface area contributed by atoms with Crippen LogP contribution in [-0.2, 0) is 0 Å². The summed E-state index contributed by atoms with van der Waals surface area (Å²) in [5, 5.41) is 1.24. The van der Waals surface area contributed by atoms with Crippen LogP contribution in [0.1, 0.15) is 13.8 Å². The molecule has 1 unspecified atom stereocenters. The van der Waals surface area contributed by atoms with Crippen molar-refractivity contribution in [1.29, 1.82) is 0 Å². The summed E-state index contributed by atoms with van der Waals surface area (Å²) in [4.78, 5) is 4.20. The molecule has 10 heavy (non-hydrogen) atoms. The molecule has 0 spiro atoms. The summed E-state index contributed by atoms with van der Waals surface area (Å²) in [7, 11) is 0. The number of rotatable bonds is 2. The fourth-order valence-electron chi connectivity index (χ4n) is 0.498. The number of hydrogen-bond donors (Lipinski definition) is 1. The van der Waals surface area contributed by atoms with Crippen LogP contribution in [0.25, 0.3) is 0 Å². The molecule has 0 aliphatic rings. The highest BCUT2D eigenvalue weighted by atomic mass is 32.2. The highest BCUT2D eigenvalue weighted by Crippen LogP contribution is 2.10. The SMILES string of the molecule is C=C(C)/N=C(\SC)C(C)S. The molecule has 1 atom stereocenters. The van der Waals surface area contributed by atoms with E-state index < -0.39 is 0 Å². The van der Waals surface area contributed by atoms with E-state index in [9.17, 15) is 0 Å². The number of allylic oxidation sites excluding steroid dienone is 1. The largest absolute Gasteiger partial charge is 0.251 e. The molecule has 0 saturated carbocycles. The van der Waals surface area contributed by atoms with E-state index >= 15 is 0 Å². The van der Waals surface area contributed by atoms with E-state index in [2.05, 4.69) is 24.2 Å². The topological polar surface area (TPSA) is 12.4 Å². The Morgan fingerprint density at radius 1 is 1.70 bits per heavy atom. The maximum absolute atomic E-state index is 4.26. The third-order valence-corrected chi connectivity index (χ3v) is 2.15. The lowest BCUT2D eigenvalue weighted by atomic mass is 10.5. The van der Waals surface area contributed by atoms with Gasteiger partial charge in [0.2, 0.25) is 0 Å². The quantitative estimate of drug-likeness (QED) is 0.386. The van der Waals surface area contributed by atoms with Crippen molar-refractivity contribution in [3.63, 3.8) is 0 Å². The zero-order chi connectivity index (χ0) is 8.15. The van der Waals surface area contributed by atoms with Crippen LogP contribution in [0.15, 0.2) is 17.3 Å². The monoisotopic (exact) mass is 175 g/mol. The minimum atomic E-state index is 0.215. The number of thioether (sulfide) groups is 1. The van der Waals surface area contributed by atoms with Gasteiger partial charge >= 0.3 is 0 Å². The Morgan fingerprint density at radius 2 is 2.20 bits per heavy atom. The van der Waals surface area contributed by atoms with E-state index in [4.69, 9.17) is 0 Å². The third-order valence-electron chi connectivity index (χ3n) is 0.868. The lowest BCUT2D eigenvalue weighted by Crippen LogP contribution is -2.05. The van der Waals surface area contributed by atoms with Gasteiger partial charge in [0, 0.05) is 10.9 Å². The number of hydrogen-bond acceptors (Lipinski definition) is 3. The van der Waals surface area contributed by atoms with Gasteiger partial charge in [0.05, 0.1) is 5.04 Å². The van der Waals surface area contributed by atoms with Gasteiger partial charge < -0.3 is 0 Å². The van der Waals surface area contributed by atoms with E-state index in [-0.39, 0.29) is 5.25 Å². The van der Waals surface area contributed by atoms with Crippen molar-refractivity contribution >= 4 is 29.4 Å². The van der Waals surface area contributed by atoms with Crippen LogP contribution in [-0.4, -0.2) is 16.5 Å². The summed E-state index contributed by atoms with van der Waals surface area (Å²) in [5.41, 5.74) is 0.838. The fourth-order valence-corrected chi connectivity index (χ4v) is 1.46. The Labute approximate surface area is 72.4 Å². The van der Waals surface area contributed by atoms with Crippen LogP contribution in [0, 0.1) is 0 Å². The highest BCUT2D eigenvalue weighted by molar-refractivity contribution is 8.14. The molecule has 0 bridgehead atoms. The van der Waals surface area contributed by atoms with E-state index in [1.807, 2.05) is 20.1 Å². The molecule has 0 aromatic carbocycles. The van der Waals surface area contributed by atoms with E-state index in [0.29, 0.717) is 0 Å². The average molecular weight is 175 g/mol. The second-order valence-electron chi connectivity index (χ2n) is 2.07. The molecule has 0 radical (unpaired) electrons. The lowest BCUT2D eigenvalue weighted by molar-refractivity contribution is 1.27. The molecular formula is C7H13NS2. The molecule has 0 aliphatic carbocycles. The van der Waals surface area contributed by atoms with Crippen molar-refractivity contribution < 1.29 is 0 Å². The van der Waals surface area contributed by atoms with E-state index in [1.165, 1.54) is 0 Å². The van der Waals surface area contributed by atoms with Gasteiger partial charge in [-0.1, -0.05) is 6.58 Å². The molecule has 0 N–H and O–H groups in total. The molecule has 0 fully saturated rings. The molecule has 0 heterocycles. The Hall–Kier alpha value is 0.110. The van der Waals surface area contributed by atoms with Crippen LogP contribution >= 0.6 is 24.4 Å². The molecule has 0 rings (SSSR count). The van der Waals surface area contributed by atoms with E-state index in [1.54, 1.807) is 11.8 Å². The first kappa shape index (κ1) is 10.1. The standard InChI is InChI=1S/C7H13NS2/c1-5(2)8-7(10-4)6(3)9/h6,9H,1H2,2-4H3/b8-7-. The first-order valence-corrected chi connectivity index (χ1v) is 4.78. The third kappa shape index (κ3) is 4.01. The Balaban J connectivity index is 4.18. The van der Waals surface area contributed by atoms with Crippen LogP contribution in [0.4, 0.5) is 0 Å². The molecule has 0 aromatic heterocycles. The summed E-state index contributed by atoms with van der Waals surface area (Å²) >= 11 is 5.87. The number of nitrogens with zero attached hydrogens (tertiary/aromatic N) is 1. The van der Waals surface area contributed by atoms with Crippen molar-refractivity contribution in [2.45, 2.75) is 19.1 Å². The van der Waals surface area contributed by atoms with Gasteiger partial charge in [-0.3, -0.25) is 4.99 Å². The van der Waals surface area contributed by atoms with Gasteiger partial charge in [-0.2, -0.15) is 12.6 Å². The summed E-state index contributed by atoms with van der Waals surface area (Å²) in [5.74, 6) is 0. The van der Waals surface area contributed by atoms with E-state index in [0.717, 1.165) is 10.7 Å². The summed E-state index contributed by atoms with van der Waals surface area (Å²) < 4.78 is 0. The first-order valence-electron chi connectivity index (χ1n) is 3.04. The van der Waals surface area contributed by atoms with Crippen molar-refractivity contribution in [2.24, 2.45) is 4.99 Å². The predicted molar refractivity (Wildman–Crippen MR) is 54.2 cm³/mol. The van der Waals surface area contributed by atoms with Crippen LogP contribution in [0.2, 0.25) is 0 Å². The van der Waals surface area contributed by atoms with Crippen molar-refractivity contribution in [1.82, 2.24) is 0 Å². The van der Waals surface area contributed by atoms with Crippen molar-refractivity contribution in [3.05, 3.63) is 12.3 Å². The van der Waals surface area contributed by atoms with Gasteiger partial charge in [0.25, 0.3) is 0 Å². The van der Waals surface area contributed by atoms with Crippen LogP contribution in [0.3, 0.4) is 0 Å². The zero-order valence-electron chi connectivity index (χ0n) is 6.59. The Bertz CT molecular complexity index is 150. The minimum absolute atomic E-state index is 0.215. The fraction of sp³-hybridized carbons (Fsp3) is 0.571. The molecular weight excluding hydrogens is 162 g/mol. The summed E-state index contributed by atoms with van der Waals surface area (Å²) in [6.07, 6.45) is 1.99. The molecule has 58 valence electrons. The minimum Gasteiger partial charge on any atom is -0.251 e. The lowest BCUT2D eigenvalue weighted by Gasteiger charge is -2.04. The van der Waals surface area contributed by atoms with Gasteiger partial charge in [0.15, 0.2) is 0 Å². The average Bonchev–Trinajstić information content (AvgIpc) is 1.81. The number of aliphatic imine (C=N–C) groups is 1. The number of thiol groups is 1. The smallest absolute Gasteiger partial charge is 0.0856 e. The Morgan fingerprint density at radius 3 is 2.30 bits per heavy atom. The normalized spacial score (nSPS) is 15.0. The van der Waals surface area contributed by atoms with Gasteiger partial charge in [-0.25, -0.2) is 0 Å². The van der Waals surface area contributed by atoms with Crippen LogP contribution < -0.4 is 0 Å². The highest BCUT2D eigenvalue weighted by Gasteiger charge is 2.02. The second kappa shape index (κ2) is 4.85. The molecule has 1 nitrogen and oxygen atoms in total. The van der Waals surface area contributed by atoms with Gasteiger partial charge in [-0.15, -0.1) is 11.8 Å². The Kier molecular flexibility index (Phi) is 4.91. The maximum atomic E-state index is 4.26. The molecule has 3 heteroatoms. The zero-order valence-corrected chi connectivity index (χ0v) is 8.30. The molecule has 0 saturated heterocycles. The predicted octanol–water partition coefficient (Wildman–Crippen LogP) is 2.60. The first-order chi connectivity index (χ1) is 4.57. The van der Waals surface area contributed by atoms with Crippen LogP contribution in [0.5, 0.6) is 0 Å². The second-order valence-corrected chi connectivity index (χ2v) is 3.67. The molecule has 0 aliphatic heterocycles. The summed E-state index contributed by atoms with van der Waals surface area (Å²) in [6.45, 7) is 7.57. The van der Waals surface area contributed by atoms with Gasteiger partial charge in [-0.05, 0) is 20.1 Å². The molecule has 0 aromatic rings.